The molecule has 14 heavy (non-hydrogen) atoms. The third-order valence-electron chi connectivity index (χ3n) is 2.31. The van der Waals surface area contributed by atoms with Crippen LogP contribution in [0.4, 0.5) is 0 Å². The van der Waals surface area contributed by atoms with Gasteiger partial charge in [-0.1, -0.05) is 12.1 Å². The number of hydrogen-bond donors (Lipinski definition) is 0. The molecule has 0 bridgehead atoms. The highest BCUT2D eigenvalue weighted by molar-refractivity contribution is 8.00. The van der Waals surface area contributed by atoms with E-state index >= 15 is 0 Å². The Bertz CT molecular complexity index is 448. The second-order valence-electron chi connectivity index (χ2n) is 3.34. The number of fused-ring (bicyclic) bond motifs is 1. The zero-order valence-electron chi connectivity index (χ0n) is 8.36. The molecule has 3 heteroatoms. The maximum atomic E-state index is 12.4. The Morgan fingerprint density at radius 3 is 2.79 bits per heavy atom. The monoisotopic (exact) mass is 207 g/mol. The minimum absolute atomic E-state index is 0.579. The molecule has 0 N–H and O–H groups in total. The van der Waals surface area contributed by atoms with Crippen molar-refractivity contribution in [1.29, 1.82) is 0 Å². The molecule has 1 aliphatic heterocycles. The third kappa shape index (κ3) is 1.42. The molecule has 0 aromatic heterocycles. The molecule has 1 unspecified atom stereocenters. The number of nitrogens with zero attached hydrogens (tertiary/aromatic N) is 1. The molecule has 1 aromatic carbocycles. The van der Waals surface area contributed by atoms with Gasteiger partial charge in [0.25, 0.3) is 0 Å². The summed E-state index contributed by atoms with van der Waals surface area (Å²) < 4.78 is 16.7. The number of benzene rings is 1. The molecular formula is C11H13NOS. The Morgan fingerprint density at radius 2 is 2.07 bits per heavy atom. The van der Waals surface area contributed by atoms with Crippen molar-refractivity contribution in [2.75, 3.05) is 5.75 Å². The van der Waals surface area contributed by atoms with Gasteiger partial charge >= 0.3 is 0 Å². The highest BCUT2D eigenvalue weighted by atomic mass is 32.3. The van der Waals surface area contributed by atoms with Crippen LogP contribution < -0.4 is 0 Å². The summed E-state index contributed by atoms with van der Waals surface area (Å²) in [5.74, 6) is 0.579. The van der Waals surface area contributed by atoms with Crippen molar-refractivity contribution in [3.05, 3.63) is 35.5 Å². The lowest BCUT2D eigenvalue weighted by Gasteiger charge is -2.24. The van der Waals surface area contributed by atoms with Gasteiger partial charge in [-0.25, -0.2) is 0 Å². The van der Waals surface area contributed by atoms with Crippen molar-refractivity contribution in [3.63, 3.8) is 0 Å². The first-order valence-corrected chi connectivity index (χ1v) is 6.36. The molecular weight excluding hydrogens is 194 g/mol. The fourth-order valence-electron chi connectivity index (χ4n) is 1.64. The highest BCUT2D eigenvalue weighted by Crippen LogP contribution is 2.31. The Labute approximate surface area is 85.6 Å². The topological polar surface area (TPSA) is 35.4 Å². The molecule has 74 valence electrons. The van der Waals surface area contributed by atoms with Crippen LogP contribution in [0.3, 0.4) is 0 Å². The zero-order chi connectivity index (χ0) is 10.2. The van der Waals surface area contributed by atoms with E-state index < -0.39 is 10.1 Å². The van der Waals surface area contributed by atoms with Gasteiger partial charge < -0.3 is 4.55 Å². The molecule has 1 aliphatic rings. The molecule has 0 amide bonds. The van der Waals surface area contributed by atoms with Gasteiger partial charge in [0.1, 0.15) is 4.90 Å². The van der Waals surface area contributed by atoms with E-state index in [4.69, 9.17) is 0 Å². The van der Waals surface area contributed by atoms with Gasteiger partial charge in [-0.15, -0.1) is 4.36 Å². The van der Waals surface area contributed by atoms with Crippen molar-refractivity contribution in [1.82, 2.24) is 0 Å². The van der Waals surface area contributed by atoms with Crippen molar-refractivity contribution in [2.24, 2.45) is 4.36 Å². The summed E-state index contributed by atoms with van der Waals surface area (Å²) in [5, 5.41) is 0. The van der Waals surface area contributed by atoms with E-state index in [0.717, 1.165) is 16.2 Å². The van der Waals surface area contributed by atoms with Gasteiger partial charge in [0.15, 0.2) is 0 Å². The summed E-state index contributed by atoms with van der Waals surface area (Å²) in [6.45, 7) is 3.81. The number of allylic oxidation sites excluding steroid dienone is 1. The van der Waals surface area contributed by atoms with E-state index in [1.165, 1.54) is 0 Å². The predicted molar refractivity (Wildman–Crippen MR) is 59.5 cm³/mol. The molecule has 0 saturated heterocycles. The lowest BCUT2D eigenvalue weighted by atomic mass is 10.2. The molecule has 1 aromatic rings. The SMILES string of the molecule is CC[S+]1([O-])=NC(C)=Cc2ccccc21. The van der Waals surface area contributed by atoms with E-state index in [1.54, 1.807) is 0 Å². The van der Waals surface area contributed by atoms with Crippen LogP contribution in [0.1, 0.15) is 19.4 Å². The van der Waals surface area contributed by atoms with Gasteiger partial charge in [0.05, 0.1) is 11.4 Å². The summed E-state index contributed by atoms with van der Waals surface area (Å²) in [5.41, 5.74) is 1.91. The maximum absolute atomic E-state index is 12.4. The largest absolute Gasteiger partial charge is 0.626 e. The van der Waals surface area contributed by atoms with Crippen molar-refractivity contribution >= 4 is 16.2 Å². The van der Waals surface area contributed by atoms with Gasteiger partial charge in [-0.05, 0) is 42.2 Å². The highest BCUT2D eigenvalue weighted by Gasteiger charge is 2.21. The summed E-state index contributed by atoms with van der Waals surface area (Å²) in [7, 11) is -2.18. The first-order chi connectivity index (χ1) is 6.65. The molecule has 2 nitrogen and oxygen atoms in total. The normalized spacial score (nSPS) is 24.9. The maximum Gasteiger partial charge on any atom is 0.144 e. The van der Waals surface area contributed by atoms with Crippen LogP contribution >= 0.6 is 0 Å². The lowest BCUT2D eigenvalue weighted by molar-refractivity contribution is 0.584. The Hall–Kier alpha value is -0.930. The fraction of sp³-hybridized carbons (Fsp3) is 0.273. The van der Waals surface area contributed by atoms with Crippen molar-refractivity contribution in [2.45, 2.75) is 18.7 Å². The molecule has 0 aliphatic carbocycles. The average molecular weight is 207 g/mol. The summed E-state index contributed by atoms with van der Waals surface area (Å²) in [4.78, 5) is 0.883. The average Bonchev–Trinajstić information content (AvgIpc) is 2.17. The second kappa shape index (κ2) is 3.33. The standard InChI is InChI=1S/C11H13NOS/c1-3-14(13)11-7-5-4-6-10(11)8-9(2)12-14/h4-8H,3H2,1-2H3. The van der Waals surface area contributed by atoms with Gasteiger partial charge in [0, 0.05) is 5.56 Å². The predicted octanol–water partition coefficient (Wildman–Crippen LogP) is 2.91. The minimum atomic E-state index is -2.18. The Kier molecular flexibility index (Phi) is 2.29. The quantitative estimate of drug-likeness (QED) is 0.652. The Morgan fingerprint density at radius 1 is 1.36 bits per heavy atom. The summed E-state index contributed by atoms with van der Waals surface area (Å²) in [6.07, 6.45) is 1.98. The zero-order valence-corrected chi connectivity index (χ0v) is 9.17. The Balaban J connectivity index is 2.72. The van der Waals surface area contributed by atoms with Crippen LogP contribution in [-0.2, 0) is 10.1 Å². The van der Waals surface area contributed by atoms with E-state index in [9.17, 15) is 4.55 Å². The molecule has 0 saturated carbocycles. The van der Waals surface area contributed by atoms with E-state index in [2.05, 4.69) is 4.36 Å². The number of rotatable bonds is 1. The molecule has 0 spiro atoms. The third-order valence-corrected chi connectivity index (χ3v) is 4.73. The first kappa shape index (κ1) is 9.62. The van der Waals surface area contributed by atoms with E-state index in [0.29, 0.717) is 5.75 Å². The second-order valence-corrected chi connectivity index (χ2v) is 5.82. The molecule has 1 atom stereocenters. The van der Waals surface area contributed by atoms with Crippen LogP contribution in [0.5, 0.6) is 0 Å². The van der Waals surface area contributed by atoms with Gasteiger partial charge in [-0.3, -0.25) is 0 Å². The van der Waals surface area contributed by atoms with Gasteiger partial charge in [-0.2, -0.15) is 0 Å². The fourth-order valence-corrected chi connectivity index (χ4v) is 3.49. The van der Waals surface area contributed by atoms with Crippen molar-refractivity contribution in [3.8, 4) is 0 Å². The first-order valence-electron chi connectivity index (χ1n) is 4.68. The summed E-state index contributed by atoms with van der Waals surface area (Å²) in [6, 6.07) is 7.78. The van der Waals surface area contributed by atoms with Crippen LogP contribution in [0, 0.1) is 0 Å². The minimum Gasteiger partial charge on any atom is -0.626 e. The van der Waals surface area contributed by atoms with Crippen LogP contribution in [0.25, 0.3) is 6.08 Å². The van der Waals surface area contributed by atoms with Crippen LogP contribution in [0.2, 0.25) is 0 Å². The van der Waals surface area contributed by atoms with E-state index in [-0.39, 0.29) is 0 Å². The van der Waals surface area contributed by atoms with E-state index in [1.807, 2.05) is 44.2 Å². The molecule has 0 fully saturated rings. The molecule has 1 heterocycles. The number of hydrogen-bond acceptors (Lipinski definition) is 2. The summed E-state index contributed by atoms with van der Waals surface area (Å²) >= 11 is 0. The van der Waals surface area contributed by atoms with Crippen molar-refractivity contribution < 1.29 is 4.55 Å². The van der Waals surface area contributed by atoms with Crippen LogP contribution in [-0.4, -0.2) is 10.3 Å². The molecule has 0 radical (unpaired) electrons. The van der Waals surface area contributed by atoms with Crippen LogP contribution in [0.15, 0.2) is 39.2 Å². The smallest absolute Gasteiger partial charge is 0.144 e. The van der Waals surface area contributed by atoms with Gasteiger partial charge in [0.2, 0.25) is 0 Å². The molecule has 2 rings (SSSR count). The lowest BCUT2D eigenvalue weighted by Crippen LogP contribution is -2.17.